The second-order valence-corrected chi connectivity index (χ2v) is 5.33. The van der Waals surface area contributed by atoms with Crippen LogP contribution in [0.3, 0.4) is 0 Å². The standard InChI is InChI=1S/C14H18Cl2N4O/c1-3-19(4-2)13(21)5-6-20-12(8-15)18-11-7-10(16)9-17-14(11)20/h7,9H,3-6,8H2,1-2H3. The highest BCUT2D eigenvalue weighted by molar-refractivity contribution is 6.31. The van der Waals surface area contributed by atoms with Crippen LogP contribution in [0.5, 0.6) is 0 Å². The van der Waals surface area contributed by atoms with E-state index in [-0.39, 0.29) is 11.8 Å². The molecule has 1 amide bonds. The van der Waals surface area contributed by atoms with Gasteiger partial charge in [0.2, 0.25) is 5.91 Å². The average Bonchev–Trinajstić information content (AvgIpc) is 2.83. The first-order valence-electron chi connectivity index (χ1n) is 6.95. The summed E-state index contributed by atoms with van der Waals surface area (Å²) in [5.41, 5.74) is 1.41. The maximum Gasteiger partial charge on any atom is 0.224 e. The van der Waals surface area contributed by atoms with Crippen molar-refractivity contribution in [3.8, 4) is 0 Å². The molecule has 0 aliphatic carbocycles. The van der Waals surface area contributed by atoms with Gasteiger partial charge in [0, 0.05) is 32.3 Å². The molecule has 0 unspecified atom stereocenters. The zero-order valence-electron chi connectivity index (χ0n) is 12.1. The number of alkyl halides is 1. The van der Waals surface area contributed by atoms with Gasteiger partial charge in [-0.05, 0) is 19.9 Å². The molecule has 0 radical (unpaired) electrons. The summed E-state index contributed by atoms with van der Waals surface area (Å²) in [7, 11) is 0. The second kappa shape index (κ2) is 7.09. The number of fused-ring (bicyclic) bond motifs is 1. The number of aryl methyl sites for hydroxylation is 1. The molecular formula is C14H18Cl2N4O. The quantitative estimate of drug-likeness (QED) is 0.765. The summed E-state index contributed by atoms with van der Waals surface area (Å²) in [6.45, 7) is 5.90. The Morgan fingerprint density at radius 3 is 2.71 bits per heavy atom. The van der Waals surface area contributed by atoms with Gasteiger partial charge >= 0.3 is 0 Å². The number of amides is 1. The number of carbonyl (C=O) groups is 1. The fourth-order valence-corrected chi connectivity index (χ4v) is 2.67. The van der Waals surface area contributed by atoms with E-state index >= 15 is 0 Å². The van der Waals surface area contributed by atoms with Gasteiger partial charge in [-0.1, -0.05) is 11.6 Å². The Labute approximate surface area is 133 Å². The smallest absolute Gasteiger partial charge is 0.224 e. The van der Waals surface area contributed by atoms with E-state index in [1.165, 1.54) is 0 Å². The van der Waals surface area contributed by atoms with E-state index in [9.17, 15) is 4.79 Å². The van der Waals surface area contributed by atoms with Crippen LogP contribution in [0.1, 0.15) is 26.1 Å². The molecule has 0 atom stereocenters. The van der Waals surface area contributed by atoms with Crippen LogP contribution >= 0.6 is 23.2 Å². The summed E-state index contributed by atoms with van der Waals surface area (Å²) in [5.74, 6) is 1.10. The molecule has 0 saturated heterocycles. The first-order chi connectivity index (χ1) is 10.1. The highest BCUT2D eigenvalue weighted by Crippen LogP contribution is 2.19. The molecule has 7 heteroatoms. The van der Waals surface area contributed by atoms with Gasteiger partial charge in [-0.3, -0.25) is 4.79 Å². The van der Waals surface area contributed by atoms with Crippen molar-refractivity contribution in [3.63, 3.8) is 0 Å². The van der Waals surface area contributed by atoms with Gasteiger partial charge in [-0.15, -0.1) is 11.6 Å². The maximum atomic E-state index is 12.1. The molecule has 5 nitrogen and oxygen atoms in total. The predicted octanol–water partition coefficient (Wildman–Crippen LogP) is 3.08. The van der Waals surface area contributed by atoms with E-state index in [2.05, 4.69) is 9.97 Å². The number of aromatic nitrogens is 3. The minimum Gasteiger partial charge on any atom is -0.343 e. The number of pyridine rings is 1. The summed E-state index contributed by atoms with van der Waals surface area (Å²) in [5, 5.41) is 0.535. The summed E-state index contributed by atoms with van der Waals surface area (Å²) < 4.78 is 1.89. The predicted molar refractivity (Wildman–Crippen MR) is 84.6 cm³/mol. The van der Waals surface area contributed by atoms with Crippen LogP contribution in [0.4, 0.5) is 0 Å². The molecule has 0 spiro atoms. The lowest BCUT2D eigenvalue weighted by molar-refractivity contribution is -0.131. The number of halogens is 2. The molecule has 0 fully saturated rings. The van der Waals surface area contributed by atoms with E-state index in [1.54, 1.807) is 12.3 Å². The van der Waals surface area contributed by atoms with Gasteiger partial charge < -0.3 is 9.47 Å². The Kier molecular flexibility index (Phi) is 5.42. The van der Waals surface area contributed by atoms with E-state index in [0.717, 1.165) is 13.1 Å². The SMILES string of the molecule is CCN(CC)C(=O)CCn1c(CCl)nc2cc(Cl)cnc21. The summed E-state index contributed by atoms with van der Waals surface area (Å²) in [4.78, 5) is 22.6. The van der Waals surface area contributed by atoms with Gasteiger partial charge in [0.25, 0.3) is 0 Å². The minimum absolute atomic E-state index is 0.122. The molecule has 0 aromatic carbocycles. The molecule has 21 heavy (non-hydrogen) atoms. The third kappa shape index (κ3) is 3.47. The molecule has 114 valence electrons. The van der Waals surface area contributed by atoms with Crippen molar-refractivity contribution in [1.82, 2.24) is 19.4 Å². The minimum atomic E-state index is 0.122. The Hall–Kier alpha value is -1.33. The van der Waals surface area contributed by atoms with Crippen LogP contribution in [-0.2, 0) is 17.2 Å². The van der Waals surface area contributed by atoms with Crippen molar-refractivity contribution in [2.45, 2.75) is 32.7 Å². The maximum absolute atomic E-state index is 12.1. The van der Waals surface area contributed by atoms with Crippen molar-refractivity contribution in [3.05, 3.63) is 23.1 Å². The van der Waals surface area contributed by atoms with Gasteiger partial charge in [0.1, 0.15) is 11.3 Å². The molecule has 0 saturated carbocycles. The number of hydrogen-bond donors (Lipinski definition) is 0. The number of nitrogens with zero attached hydrogens (tertiary/aromatic N) is 4. The van der Waals surface area contributed by atoms with Crippen LogP contribution < -0.4 is 0 Å². The molecule has 2 heterocycles. The van der Waals surface area contributed by atoms with E-state index in [4.69, 9.17) is 23.2 Å². The molecule has 0 N–H and O–H groups in total. The van der Waals surface area contributed by atoms with Crippen LogP contribution in [0.2, 0.25) is 5.02 Å². The summed E-state index contributed by atoms with van der Waals surface area (Å²) in [6.07, 6.45) is 1.98. The summed E-state index contributed by atoms with van der Waals surface area (Å²) in [6, 6.07) is 1.75. The fraction of sp³-hybridized carbons (Fsp3) is 0.500. The van der Waals surface area contributed by atoms with Crippen molar-refractivity contribution in [1.29, 1.82) is 0 Å². The zero-order chi connectivity index (χ0) is 15.4. The van der Waals surface area contributed by atoms with Crippen molar-refractivity contribution in [2.24, 2.45) is 0 Å². The number of hydrogen-bond acceptors (Lipinski definition) is 3. The third-order valence-electron chi connectivity index (χ3n) is 3.42. The normalized spacial score (nSPS) is 11.0. The number of imidazole rings is 1. The molecular weight excluding hydrogens is 311 g/mol. The first-order valence-corrected chi connectivity index (χ1v) is 7.86. The first kappa shape index (κ1) is 16.0. The fourth-order valence-electron chi connectivity index (χ4n) is 2.31. The Morgan fingerprint density at radius 1 is 1.38 bits per heavy atom. The van der Waals surface area contributed by atoms with E-state index in [1.807, 2.05) is 23.3 Å². The lowest BCUT2D eigenvalue weighted by Crippen LogP contribution is -2.31. The van der Waals surface area contributed by atoms with Gasteiger partial charge in [0.15, 0.2) is 5.65 Å². The highest BCUT2D eigenvalue weighted by Gasteiger charge is 2.15. The van der Waals surface area contributed by atoms with Crippen molar-refractivity contribution < 1.29 is 4.79 Å². The monoisotopic (exact) mass is 328 g/mol. The van der Waals surface area contributed by atoms with E-state index < -0.39 is 0 Å². The Balaban J connectivity index is 2.23. The number of carbonyl (C=O) groups excluding carboxylic acids is 1. The highest BCUT2D eigenvalue weighted by atomic mass is 35.5. The summed E-state index contributed by atoms with van der Waals surface area (Å²) >= 11 is 11.9. The van der Waals surface area contributed by atoms with Crippen LogP contribution in [0.15, 0.2) is 12.3 Å². The van der Waals surface area contributed by atoms with Crippen LogP contribution in [0, 0.1) is 0 Å². The van der Waals surface area contributed by atoms with Crippen LogP contribution in [-0.4, -0.2) is 38.4 Å². The average molecular weight is 329 g/mol. The molecule has 2 rings (SSSR count). The molecule has 0 aliphatic rings. The van der Waals surface area contributed by atoms with Crippen molar-refractivity contribution >= 4 is 40.3 Å². The Morgan fingerprint density at radius 2 is 2.10 bits per heavy atom. The topological polar surface area (TPSA) is 51.0 Å². The molecule has 0 bridgehead atoms. The van der Waals surface area contributed by atoms with Gasteiger partial charge in [0.05, 0.1) is 10.9 Å². The second-order valence-electron chi connectivity index (χ2n) is 4.63. The van der Waals surface area contributed by atoms with Gasteiger partial charge in [-0.25, -0.2) is 9.97 Å². The largest absolute Gasteiger partial charge is 0.343 e. The lowest BCUT2D eigenvalue weighted by Gasteiger charge is -2.18. The number of rotatable bonds is 6. The molecule has 2 aromatic rings. The van der Waals surface area contributed by atoms with Crippen LogP contribution in [0.25, 0.3) is 11.2 Å². The third-order valence-corrected chi connectivity index (χ3v) is 3.86. The Bertz CT molecular complexity index is 637. The zero-order valence-corrected chi connectivity index (χ0v) is 13.7. The lowest BCUT2D eigenvalue weighted by atomic mass is 10.3. The van der Waals surface area contributed by atoms with E-state index in [0.29, 0.717) is 35.0 Å². The van der Waals surface area contributed by atoms with Gasteiger partial charge in [-0.2, -0.15) is 0 Å². The molecule has 2 aromatic heterocycles. The van der Waals surface area contributed by atoms with Crippen molar-refractivity contribution in [2.75, 3.05) is 13.1 Å². The molecule has 0 aliphatic heterocycles.